The molecule has 7 heteroatoms. The average molecular weight is 362 g/mol. The molecular weight excluding hydrogens is 336 g/mol. The van der Waals surface area contributed by atoms with E-state index in [1.807, 2.05) is 12.1 Å². The Morgan fingerprint density at radius 3 is 2.77 bits per heavy atom. The van der Waals surface area contributed by atoms with Crippen LogP contribution >= 0.6 is 0 Å². The third-order valence-electron chi connectivity index (χ3n) is 5.70. The first-order chi connectivity index (χ1) is 12.7. The molecule has 0 bridgehead atoms. The highest BCUT2D eigenvalue weighted by Gasteiger charge is 2.37. The van der Waals surface area contributed by atoms with Crippen molar-refractivity contribution in [3.05, 3.63) is 23.8 Å². The minimum atomic E-state index is -0.391. The molecule has 3 heterocycles. The van der Waals surface area contributed by atoms with Crippen LogP contribution in [0.1, 0.15) is 31.2 Å². The van der Waals surface area contributed by atoms with E-state index in [-0.39, 0.29) is 24.2 Å². The van der Waals surface area contributed by atoms with Crippen LogP contribution in [0.4, 0.5) is 0 Å². The number of rotatable bonds is 5. The molecule has 0 radical (unpaired) electrons. The number of nitrogens with one attached hydrogen (secondary N) is 1. The molecule has 4 rings (SSSR count). The smallest absolute Gasteiger partial charge is 0.249 e. The number of nitrogens with two attached hydrogens (primary N) is 1. The number of amides is 1. The molecule has 2 atom stereocenters. The van der Waals surface area contributed by atoms with Gasteiger partial charge in [0.1, 0.15) is 6.10 Å². The van der Waals surface area contributed by atoms with Gasteiger partial charge >= 0.3 is 0 Å². The molecule has 0 spiro atoms. The minimum absolute atomic E-state index is 0.00310. The fourth-order valence-corrected chi connectivity index (χ4v) is 4.00. The first kappa shape index (κ1) is 17.6. The van der Waals surface area contributed by atoms with Gasteiger partial charge < -0.3 is 30.0 Å². The highest BCUT2D eigenvalue weighted by Crippen LogP contribution is 2.40. The number of carbonyl (C=O) groups excluding carboxylic acids is 1. The van der Waals surface area contributed by atoms with E-state index in [4.69, 9.17) is 24.7 Å². The van der Waals surface area contributed by atoms with Crippen molar-refractivity contribution in [2.24, 2.45) is 5.73 Å². The lowest BCUT2D eigenvalue weighted by atomic mass is 9.74. The molecular formula is C19H26N2O5. The van der Waals surface area contributed by atoms with E-state index in [1.165, 1.54) is 0 Å². The zero-order valence-electron chi connectivity index (χ0n) is 14.9. The number of hydrogen-bond donors (Lipinski definition) is 2. The second-order valence-electron chi connectivity index (χ2n) is 7.24. The van der Waals surface area contributed by atoms with Crippen LogP contribution in [0, 0.1) is 0 Å². The van der Waals surface area contributed by atoms with Crippen LogP contribution in [0.15, 0.2) is 18.2 Å². The topological polar surface area (TPSA) is 92.0 Å². The Balaban J connectivity index is 1.47. The molecule has 26 heavy (non-hydrogen) atoms. The van der Waals surface area contributed by atoms with Crippen molar-refractivity contribution in [3.8, 4) is 11.5 Å². The molecule has 0 saturated carbocycles. The van der Waals surface area contributed by atoms with Crippen LogP contribution < -0.4 is 20.5 Å². The lowest BCUT2D eigenvalue weighted by Gasteiger charge is -2.38. The summed E-state index contributed by atoms with van der Waals surface area (Å²) in [7, 11) is 0. The Labute approximate surface area is 153 Å². The highest BCUT2D eigenvalue weighted by atomic mass is 16.7. The molecule has 0 aromatic heterocycles. The maximum Gasteiger partial charge on any atom is 0.249 e. The molecule has 7 nitrogen and oxygen atoms in total. The van der Waals surface area contributed by atoms with E-state index in [0.29, 0.717) is 26.3 Å². The van der Waals surface area contributed by atoms with Crippen molar-refractivity contribution in [1.29, 1.82) is 0 Å². The van der Waals surface area contributed by atoms with Crippen molar-refractivity contribution >= 4 is 5.91 Å². The molecule has 1 amide bonds. The van der Waals surface area contributed by atoms with Gasteiger partial charge in [0.05, 0.1) is 6.10 Å². The molecule has 2 fully saturated rings. The lowest BCUT2D eigenvalue weighted by molar-refractivity contribution is -0.132. The second kappa shape index (κ2) is 7.42. The van der Waals surface area contributed by atoms with E-state index in [0.717, 1.165) is 42.7 Å². The normalized spacial score (nSPS) is 26.7. The van der Waals surface area contributed by atoms with Crippen molar-refractivity contribution < 1.29 is 23.7 Å². The van der Waals surface area contributed by atoms with E-state index in [2.05, 4.69) is 11.4 Å². The van der Waals surface area contributed by atoms with E-state index in [9.17, 15) is 4.79 Å². The molecule has 0 unspecified atom stereocenters. The first-order valence-electron chi connectivity index (χ1n) is 9.31. The second-order valence-corrected chi connectivity index (χ2v) is 7.24. The van der Waals surface area contributed by atoms with Gasteiger partial charge in [-0.25, -0.2) is 0 Å². The largest absolute Gasteiger partial charge is 0.454 e. The van der Waals surface area contributed by atoms with Gasteiger partial charge in [0, 0.05) is 31.7 Å². The molecule has 2 saturated heterocycles. The van der Waals surface area contributed by atoms with Crippen molar-refractivity contribution in [2.75, 3.05) is 33.1 Å². The monoisotopic (exact) mass is 362 g/mol. The zero-order chi connectivity index (χ0) is 18.0. The van der Waals surface area contributed by atoms with Gasteiger partial charge in [0.25, 0.3) is 0 Å². The van der Waals surface area contributed by atoms with Gasteiger partial charge in [-0.1, -0.05) is 6.07 Å². The average Bonchev–Trinajstić information content (AvgIpc) is 3.35. The standard InChI is InChI=1S/C19H26N2O5/c20-10-14-2-4-16(26-14)18(22)21-11-19(5-7-23-8-6-19)13-1-3-15-17(9-13)25-12-24-15/h1,3,9,14,16H,2,4-8,10-12,20H2,(H,21,22)/t14-,16+/m1/s1. The van der Waals surface area contributed by atoms with Crippen molar-refractivity contribution in [3.63, 3.8) is 0 Å². The Morgan fingerprint density at radius 2 is 2.00 bits per heavy atom. The van der Waals surface area contributed by atoms with Gasteiger partial charge in [-0.05, 0) is 43.4 Å². The quantitative estimate of drug-likeness (QED) is 0.815. The number of ether oxygens (including phenoxy) is 4. The predicted octanol–water partition coefficient (Wildman–Crippen LogP) is 1.09. The number of carbonyl (C=O) groups is 1. The van der Waals surface area contributed by atoms with Gasteiger partial charge in [-0.3, -0.25) is 4.79 Å². The summed E-state index contributed by atoms with van der Waals surface area (Å²) in [4.78, 5) is 12.6. The zero-order valence-corrected chi connectivity index (χ0v) is 14.9. The summed E-state index contributed by atoms with van der Waals surface area (Å²) in [5, 5.41) is 3.11. The van der Waals surface area contributed by atoms with Crippen molar-refractivity contribution in [1.82, 2.24) is 5.32 Å². The molecule has 1 aromatic rings. The minimum Gasteiger partial charge on any atom is -0.454 e. The number of benzene rings is 1. The van der Waals surface area contributed by atoms with Crippen LogP contribution in [0.3, 0.4) is 0 Å². The third kappa shape index (κ3) is 3.39. The molecule has 3 aliphatic rings. The Kier molecular flexibility index (Phi) is 5.02. The van der Waals surface area contributed by atoms with Crippen LogP contribution in [0.5, 0.6) is 11.5 Å². The van der Waals surface area contributed by atoms with Gasteiger partial charge in [0.15, 0.2) is 11.5 Å². The summed E-state index contributed by atoms with van der Waals surface area (Å²) >= 11 is 0. The van der Waals surface area contributed by atoms with E-state index < -0.39 is 6.10 Å². The molecule has 142 valence electrons. The highest BCUT2D eigenvalue weighted by molar-refractivity contribution is 5.81. The van der Waals surface area contributed by atoms with Crippen molar-refractivity contribution in [2.45, 2.75) is 43.3 Å². The van der Waals surface area contributed by atoms with Gasteiger partial charge in [-0.2, -0.15) is 0 Å². The van der Waals surface area contributed by atoms with E-state index >= 15 is 0 Å². The Morgan fingerprint density at radius 1 is 1.19 bits per heavy atom. The summed E-state index contributed by atoms with van der Waals surface area (Å²) in [6.07, 6.45) is 2.88. The molecule has 1 aromatic carbocycles. The van der Waals surface area contributed by atoms with E-state index in [1.54, 1.807) is 0 Å². The SMILES string of the molecule is NC[C@H]1CC[C@@H](C(=O)NCC2(c3ccc4c(c3)OCO4)CCOCC2)O1. The molecule has 0 aliphatic carbocycles. The Bertz CT molecular complexity index is 659. The maximum atomic E-state index is 12.6. The maximum absolute atomic E-state index is 12.6. The predicted molar refractivity (Wildman–Crippen MR) is 94.3 cm³/mol. The lowest BCUT2D eigenvalue weighted by Crippen LogP contribution is -2.47. The fourth-order valence-electron chi connectivity index (χ4n) is 4.00. The summed E-state index contributed by atoms with van der Waals surface area (Å²) in [6, 6.07) is 6.06. The van der Waals surface area contributed by atoms with Gasteiger partial charge in [-0.15, -0.1) is 0 Å². The molecule has 3 aliphatic heterocycles. The van der Waals surface area contributed by atoms with Crippen LogP contribution in [-0.2, 0) is 19.7 Å². The summed E-state index contributed by atoms with van der Waals surface area (Å²) in [5.41, 5.74) is 6.62. The Hall–Kier alpha value is -1.83. The third-order valence-corrected chi connectivity index (χ3v) is 5.70. The van der Waals surface area contributed by atoms with Crippen LogP contribution in [0.2, 0.25) is 0 Å². The van der Waals surface area contributed by atoms with Crippen LogP contribution in [-0.4, -0.2) is 51.2 Å². The van der Waals surface area contributed by atoms with Gasteiger partial charge in [0.2, 0.25) is 12.7 Å². The summed E-state index contributed by atoms with van der Waals surface area (Å²) in [6.45, 7) is 2.64. The number of fused-ring (bicyclic) bond motifs is 1. The first-order valence-corrected chi connectivity index (χ1v) is 9.31. The molecule has 3 N–H and O–H groups in total. The van der Waals surface area contributed by atoms with Crippen LogP contribution in [0.25, 0.3) is 0 Å². The fraction of sp³-hybridized carbons (Fsp3) is 0.632. The number of hydrogen-bond acceptors (Lipinski definition) is 6. The summed E-state index contributed by atoms with van der Waals surface area (Å²) < 4.78 is 22.2. The summed E-state index contributed by atoms with van der Waals surface area (Å²) in [5.74, 6) is 1.49.